The summed E-state index contributed by atoms with van der Waals surface area (Å²) in [7, 11) is 0. The van der Waals surface area contributed by atoms with E-state index in [0.717, 1.165) is 15.6 Å². The van der Waals surface area contributed by atoms with Gasteiger partial charge in [-0.15, -0.1) is 0 Å². The van der Waals surface area contributed by atoms with Crippen LogP contribution in [-0.2, 0) is 0 Å². The highest BCUT2D eigenvalue weighted by Crippen LogP contribution is 2.15. The zero-order valence-electron chi connectivity index (χ0n) is 7.62. The maximum Gasteiger partial charge on any atom is 0.332 e. The molecule has 0 heterocycles. The van der Waals surface area contributed by atoms with Crippen LogP contribution in [0.3, 0.4) is 0 Å². The van der Waals surface area contributed by atoms with Crippen LogP contribution in [0.5, 0.6) is 0 Å². The molecule has 1 aromatic rings. The second kappa shape index (κ2) is 4.76. The predicted molar refractivity (Wildman–Crippen MR) is 59.2 cm³/mol. The molecule has 3 N–H and O–H groups in total. The zero-order valence-corrected chi connectivity index (χ0v) is 9.21. The molecule has 1 aromatic carbocycles. The number of nitrogens with one attached hydrogen (secondary N) is 1. The van der Waals surface area contributed by atoms with Gasteiger partial charge in [0.15, 0.2) is 0 Å². The second-order valence-electron chi connectivity index (χ2n) is 2.74. The van der Waals surface area contributed by atoms with Crippen LogP contribution >= 0.6 is 15.9 Å². The van der Waals surface area contributed by atoms with Crippen LogP contribution in [0, 0.1) is 6.92 Å². The highest BCUT2D eigenvalue weighted by atomic mass is 79.9. The summed E-state index contributed by atoms with van der Waals surface area (Å²) in [4.78, 5) is 10.3. The summed E-state index contributed by atoms with van der Waals surface area (Å²) in [5.74, 6) is 0. The van der Waals surface area contributed by atoms with Crippen molar-refractivity contribution in [3.63, 3.8) is 0 Å². The molecular formula is C9H10BrN3O. The van der Waals surface area contributed by atoms with E-state index in [9.17, 15) is 4.79 Å². The van der Waals surface area contributed by atoms with Crippen molar-refractivity contribution in [3.05, 3.63) is 33.8 Å². The Hall–Kier alpha value is -1.36. The van der Waals surface area contributed by atoms with Crippen LogP contribution < -0.4 is 11.2 Å². The third-order valence-corrected chi connectivity index (χ3v) is 2.46. The average molecular weight is 256 g/mol. The number of carbonyl (C=O) groups excluding carboxylic acids is 1. The predicted octanol–water partition coefficient (Wildman–Crippen LogP) is 1.76. The Bertz CT molecular complexity index is 376. The van der Waals surface area contributed by atoms with Crippen molar-refractivity contribution in [2.75, 3.05) is 0 Å². The molecular weight excluding hydrogens is 246 g/mol. The lowest BCUT2D eigenvalue weighted by Crippen LogP contribution is -2.24. The summed E-state index contributed by atoms with van der Waals surface area (Å²) in [6.45, 7) is 1.98. The van der Waals surface area contributed by atoms with E-state index < -0.39 is 6.03 Å². The molecule has 0 fully saturated rings. The fourth-order valence-corrected chi connectivity index (χ4v) is 1.17. The minimum Gasteiger partial charge on any atom is -0.350 e. The molecule has 0 saturated heterocycles. The number of hydrogen-bond acceptors (Lipinski definition) is 2. The highest BCUT2D eigenvalue weighted by Gasteiger charge is 1.94. The first-order chi connectivity index (χ1) is 6.59. The van der Waals surface area contributed by atoms with Crippen LogP contribution in [0.2, 0.25) is 0 Å². The van der Waals surface area contributed by atoms with Gasteiger partial charge in [-0.05, 0) is 30.2 Å². The molecule has 74 valence electrons. The fraction of sp³-hybridized carbons (Fsp3) is 0.111. The van der Waals surface area contributed by atoms with Crippen molar-refractivity contribution in [2.45, 2.75) is 6.92 Å². The number of halogens is 1. The monoisotopic (exact) mass is 255 g/mol. The topological polar surface area (TPSA) is 67.5 Å². The summed E-state index contributed by atoms with van der Waals surface area (Å²) < 4.78 is 1.04. The highest BCUT2D eigenvalue weighted by molar-refractivity contribution is 9.10. The molecule has 0 spiro atoms. The van der Waals surface area contributed by atoms with Crippen LogP contribution in [-0.4, -0.2) is 12.2 Å². The van der Waals surface area contributed by atoms with E-state index in [1.165, 1.54) is 6.21 Å². The molecule has 0 atom stereocenters. The molecule has 0 aromatic heterocycles. The number of primary amides is 1. The summed E-state index contributed by atoms with van der Waals surface area (Å²) in [6.07, 6.45) is 1.53. The molecule has 0 saturated carbocycles. The summed E-state index contributed by atoms with van der Waals surface area (Å²) in [6, 6.07) is 5.07. The first-order valence-electron chi connectivity index (χ1n) is 3.94. The molecule has 1 rings (SSSR count). The van der Waals surface area contributed by atoms with Gasteiger partial charge in [0.2, 0.25) is 0 Å². The number of carbonyl (C=O) groups is 1. The lowest BCUT2D eigenvalue weighted by molar-refractivity contribution is 0.249. The van der Waals surface area contributed by atoms with Gasteiger partial charge in [0.1, 0.15) is 0 Å². The Labute approximate surface area is 90.3 Å². The number of urea groups is 1. The van der Waals surface area contributed by atoms with E-state index in [1.807, 2.05) is 25.1 Å². The number of hydrazone groups is 1. The SMILES string of the molecule is Cc1cc(C=NNC(N)=O)ccc1Br. The van der Waals surface area contributed by atoms with Crippen molar-refractivity contribution in [1.29, 1.82) is 0 Å². The first kappa shape index (κ1) is 10.7. The molecule has 0 radical (unpaired) electrons. The summed E-state index contributed by atoms with van der Waals surface area (Å²) in [5, 5.41) is 3.65. The van der Waals surface area contributed by atoms with E-state index in [0.29, 0.717) is 0 Å². The summed E-state index contributed by atoms with van der Waals surface area (Å²) in [5.41, 5.74) is 8.97. The fourth-order valence-electron chi connectivity index (χ4n) is 0.919. The Balaban J connectivity index is 2.73. The molecule has 0 aliphatic rings. The maximum absolute atomic E-state index is 10.3. The van der Waals surface area contributed by atoms with Crippen LogP contribution in [0.1, 0.15) is 11.1 Å². The van der Waals surface area contributed by atoms with Gasteiger partial charge < -0.3 is 5.73 Å². The Kier molecular flexibility index (Phi) is 3.64. The van der Waals surface area contributed by atoms with Crippen molar-refractivity contribution in [2.24, 2.45) is 10.8 Å². The van der Waals surface area contributed by atoms with Crippen molar-refractivity contribution >= 4 is 28.2 Å². The minimum absolute atomic E-state index is 0.671. The number of nitrogens with zero attached hydrogens (tertiary/aromatic N) is 1. The van der Waals surface area contributed by atoms with Gasteiger partial charge in [-0.3, -0.25) is 0 Å². The molecule has 14 heavy (non-hydrogen) atoms. The average Bonchev–Trinajstić information content (AvgIpc) is 2.10. The van der Waals surface area contributed by atoms with Crippen molar-refractivity contribution < 1.29 is 4.79 Å². The smallest absolute Gasteiger partial charge is 0.332 e. The Morgan fingerprint density at radius 3 is 2.93 bits per heavy atom. The van der Waals surface area contributed by atoms with E-state index in [1.54, 1.807) is 0 Å². The minimum atomic E-state index is -0.671. The molecule has 0 aliphatic carbocycles. The standard InChI is InChI=1S/C9H10BrN3O/c1-6-4-7(2-3-8(6)10)5-12-13-9(11)14/h2-5H,1H3,(H3,11,13,14). The Morgan fingerprint density at radius 2 is 2.36 bits per heavy atom. The van der Waals surface area contributed by atoms with Crippen LogP contribution in [0.4, 0.5) is 4.79 Å². The lowest BCUT2D eigenvalue weighted by atomic mass is 10.2. The maximum atomic E-state index is 10.3. The van der Waals surface area contributed by atoms with Gasteiger partial charge in [0, 0.05) is 4.47 Å². The van der Waals surface area contributed by atoms with Crippen molar-refractivity contribution in [1.82, 2.24) is 5.43 Å². The van der Waals surface area contributed by atoms with Gasteiger partial charge in [0.25, 0.3) is 0 Å². The number of rotatable bonds is 2. The van der Waals surface area contributed by atoms with Gasteiger partial charge >= 0.3 is 6.03 Å². The van der Waals surface area contributed by atoms with Gasteiger partial charge in [0.05, 0.1) is 6.21 Å². The largest absolute Gasteiger partial charge is 0.350 e. The second-order valence-corrected chi connectivity index (χ2v) is 3.60. The number of nitrogens with two attached hydrogens (primary N) is 1. The van der Waals surface area contributed by atoms with Gasteiger partial charge in [-0.1, -0.05) is 22.0 Å². The lowest BCUT2D eigenvalue weighted by Gasteiger charge is -1.98. The van der Waals surface area contributed by atoms with E-state index in [2.05, 4.69) is 26.5 Å². The number of benzene rings is 1. The third kappa shape index (κ3) is 3.18. The quantitative estimate of drug-likeness (QED) is 0.614. The number of hydrogen-bond donors (Lipinski definition) is 2. The van der Waals surface area contributed by atoms with E-state index >= 15 is 0 Å². The van der Waals surface area contributed by atoms with Crippen LogP contribution in [0.25, 0.3) is 0 Å². The normalized spacial score (nSPS) is 10.4. The summed E-state index contributed by atoms with van der Waals surface area (Å²) >= 11 is 3.39. The van der Waals surface area contributed by atoms with Crippen LogP contribution in [0.15, 0.2) is 27.8 Å². The van der Waals surface area contributed by atoms with Gasteiger partial charge in [-0.25, -0.2) is 10.2 Å². The van der Waals surface area contributed by atoms with Gasteiger partial charge in [-0.2, -0.15) is 5.10 Å². The molecule has 0 unspecified atom stereocenters. The zero-order chi connectivity index (χ0) is 10.6. The first-order valence-corrected chi connectivity index (χ1v) is 4.73. The molecule has 5 heteroatoms. The molecule has 0 aliphatic heterocycles. The molecule has 4 nitrogen and oxygen atoms in total. The van der Waals surface area contributed by atoms with Crippen molar-refractivity contribution in [3.8, 4) is 0 Å². The van der Waals surface area contributed by atoms with E-state index in [-0.39, 0.29) is 0 Å². The number of aryl methyl sites for hydroxylation is 1. The Morgan fingerprint density at radius 1 is 1.64 bits per heavy atom. The molecule has 0 bridgehead atoms. The molecule has 2 amide bonds. The van der Waals surface area contributed by atoms with E-state index in [4.69, 9.17) is 5.73 Å². The third-order valence-electron chi connectivity index (χ3n) is 1.57. The number of amides is 2.